The molecule has 0 saturated heterocycles. The molecule has 1 aromatic heterocycles. The average molecular weight is 425 g/mol. The molecule has 5 nitrogen and oxygen atoms in total. The second kappa shape index (κ2) is 8.11. The van der Waals surface area contributed by atoms with Crippen molar-refractivity contribution in [3.8, 4) is 22.1 Å². The molecule has 0 saturated carbocycles. The number of methoxy groups -OCH3 is 2. The molecule has 0 atom stereocenters. The molecule has 0 bridgehead atoms. The molecule has 1 heterocycles. The molecule has 0 aliphatic rings. The number of aromatic nitrogens is 1. The van der Waals surface area contributed by atoms with Crippen molar-refractivity contribution in [2.24, 2.45) is 0 Å². The Morgan fingerprint density at radius 1 is 1.00 bits per heavy atom. The van der Waals surface area contributed by atoms with E-state index in [-0.39, 0.29) is 5.91 Å². The number of fused-ring (bicyclic) bond motifs is 1. The number of hydrogen-bond donors (Lipinski definition) is 1. The van der Waals surface area contributed by atoms with Crippen LogP contribution >= 0.6 is 22.9 Å². The van der Waals surface area contributed by atoms with Gasteiger partial charge in [0.25, 0.3) is 5.91 Å². The highest BCUT2D eigenvalue weighted by molar-refractivity contribution is 7.21. The maximum absolute atomic E-state index is 12.8. The summed E-state index contributed by atoms with van der Waals surface area (Å²) >= 11 is 7.97. The number of rotatable bonds is 5. The molecule has 0 aliphatic carbocycles. The fourth-order valence-electron chi connectivity index (χ4n) is 2.90. The van der Waals surface area contributed by atoms with E-state index in [1.807, 2.05) is 30.3 Å². The number of carbonyl (C=O) groups is 1. The highest BCUT2D eigenvalue weighted by Crippen LogP contribution is 2.36. The van der Waals surface area contributed by atoms with E-state index < -0.39 is 0 Å². The van der Waals surface area contributed by atoms with E-state index in [9.17, 15) is 4.79 Å². The van der Waals surface area contributed by atoms with Gasteiger partial charge in [-0.05, 0) is 42.5 Å². The van der Waals surface area contributed by atoms with Gasteiger partial charge >= 0.3 is 0 Å². The zero-order valence-electron chi connectivity index (χ0n) is 15.7. The Hall–Kier alpha value is -3.09. The van der Waals surface area contributed by atoms with Crippen molar-refractivity contribution in [2.45, 2.75) is 0 Å². The number of carbonyl (C=O) groups excluding carboxylic acids is 1. The molecule has 1 N–H and O–H groups in total. The smallest absolute Gasteiger partial charge is 0.255 e. The predicted molar refractivity (Wildman–Crippen MR) is 118 cm³/mol. The molecule has 1 amide bonds. The van der Waals surface area contributed by atoms with E-state index in [4.69, 9.17) is 21.1 Å². The number of nitrogens with zero attached hydrogens (tertiary/aromatic N) is 1. The summed E-state index contributed by atoms with van der Waals surface area (Å²) in [6.07, 6.45) is 0. The topological polar surface area (TPSA) is 60.5 Å². The molecule has 0 fully saturated rings. The third-order valence-corrected chi connectivity index (χ3v) is 5.76. The number of para-hydroxylation sites is 1. The van der Waals surface area contributed by atoms with Crippen LogP contribution in [0.15, 0.2) is 60.7 Å². The van der Waals surface area contributed by atoms with Gasteiger partial charge in [0.1, 0.15) is 16.5 Å². The summed E-state index contributed by atoms with van der Waals surface area (Å²) in [5.41, 5.74) is 2.74. The van der Waals surface area contributed by atoms with Gasteiger partial charge < -0.3 is 14.8 Å². The summed E-state index contributed by atoms with van der Waals surface area (Å²) in [5, 5.41) is 4.28. The van der Waals surface area contributed by atoms with Gasteiger partial charge in [-0.25, -0.2) is 4.98 Å². The Balaban J connectivity index is 1.65. The van der Waals surface area contributed by atoms with Crippen LogP contribution in [-0.4, -0.2) is 25.1 Å². The molecule has 0 unspecified atom stereocenters. The first-order chi connectivity index (χ1) is 14.1. The summed E-state index contributed by atoms with van der Waals surface area (Å²) < 4.78 is 11.5. The summed E-state index contributed by atoms with van der Waals surface area (Å²) in [6, 6.07) is 18.3. The van der Waals surface area contributed by atoms with Gasteiger partial charge in [0.05, 0.1) is 29.5 Å². The van der Waals surface area contributed by atoms with E-state index in [0.717, 1.165) is 20.8 Å². The zero-order valence-corrected chi connectivity index (χ0v) is 17.3. The summed E-state index contributed by atoms with van der Waals surface area (Å²) in [5.74, 6) is 0.807. The van der Waals surface area contributed by atoms with Crippen LogP contribution < -0.4 is 14.8 Å². The Bertz CT molecular complexity index is 1150. The van der Waals surface area contributed by atoms with Crippen LogP contribution in [0.25, 0.3) is 20.8 Å². The molecule has 4 aromatic rings. The van der Waals surface area contributed by atoms with Crippen molar-refractivity contribution in [1.29, 1.82) is 0 Å². The van der Waals surface area contributed by atoms with Crippen LogP contribution in [-0.2, 0) is 0 Å². The second-order valence-electron chi connectivity index (χ2n) is 6.24. The highest BCUT2D eigenvalue weighted by Gasteiger charge is 2.14. The SMILES string of the molecule is COc1cc(OC)cc(C(=O)Nc2ccc(Cl)c(-c3nc4ccccc4s3)c2)c1. The third kappa shape index (κ3) is 4.04. The van der Waals surface area contributed by atoms with Gasteiger partial charge in [0.2, 0.25) is 0 Å². The summed E-state index contributed by atoms with van der Waals surface area (Å²) in [4.78, 5) is 17.4. The van der Waals surface area contributed by atoms with E-state index in [0.29, 0.717) is 27.8 Å². The number of anilines is 1. The Morgan fingerprint density at radius 3 is 2.41 bits per heavy atom. The van der Waals surface area contributed by atoms with Gasteiger partial charge in [-0.3, -0.25) is 4.79 Å². The van der Waals surface area contributed by atoms with Gasteiger partial charge in [0.15, 0.2) is 0 Å². The monoisotopic (exact) mass is 424 g/mol. The van der Waals surface area contributed by atoms with E-state index >= 15 is 0 Å². The lowest BCUT2D eigenvalue weighted by Crippen LogP contribution is -2.12. The molecule has 0 aliphatic heterocycles. The number of benzene rings is 3. The van der Waals surface area contributed by atoms with E-state index in [1.54, 1.807) is 55.9 Å². The quantitative estimate of drug-likeness (QED) is 0.434. The third-order valence-electron chi connectivity index (χ3n) is 4.36. The van der Waals surface area contributed by atoms with Crippen molar-refractivity contribution in [2.75, 3.05) is 19.5 Å². The molecule has 7 heteroatoms. The summed E-state index contributed by atoms with van der Waals surface area (Å²) in [7, 11) is 3.08. The molecule has 3 aromatic carbocycles. The fraction of sp³-hybridized carbons (Fsp3) is 0.0909. The van der Waals surface area contributed by atoms with Crippen LogP contribution in [0, 0.1) is 0 Å². The lowest BCUT2D eigenvalue weighted by atomic mass is 10.1. The number of nitrogens with one attached hydrogen (secondary N) is 1. The second-order valence-corrected chi connectivity index (χ2v) is 7.67. The molecular formula is C22H17ClN2O3S. The maximum atomic E-state index is 12.8. The van der Waals surface area contributed by atoms with Gasteiger partial charge in [-0.2, -0.15) is 0 Å². The Morgan fingerprint density at radius 2 is 1.72 bits per heavy atom. The maximum Gasteiger partial charge on any atom is 0.255 e. The van der Waals surface area contributed by atoms with Gasteiger partial charge in [-0.15, -0.1) is 11.3 Å². The first-order valence-corrected chi connectivity index (χ1v) is 9.97. The minimum atomic E-state index is -0.278. The summed E-state index contributed by atoms with van der Waals surface area (Å²) in [6.45, 7) is 0. The minimum absolute atomic E-state index is 0.278. The first-order valence-electron chi connectivity index (χ1n) is 8.77. The molecule has 146 valence electrons. The van der Waals surface area contributed by atoms with Gasteiger partial charge in [0, 0.05) is 22.9 Å². The van der Waals surface area contributed by atoms with Crippen molar-refractivity contribution < 1.29 is 14.3 Å². The van der Waals surface area contributed by atoms with E-state index in [2.05, 4.69) is 10.3 Å². The van der Waals surface area contributed by atoms with Crippen molar-refractivity contribution >= 4 is 44.7 Å². The lowest BCUT2D eigenvalue weighted by Gasteiger charge is -2.10. The van der Waals surface area contributed by atoms with Crippen LogP contribution in [0.3, 0.4) is 0 Å². The van der Waals surface area contributed by atoms with Crippen LogP contribution in [0.4, 0.5) is 5.69 Å². The normalized spacial score (nSPS) is 10.7. The number of thiazole rings is 1. The standard InChI is InChI=1S/C22H17ClN2O3S/c1-27-15-9-13(10-16(12-15)28-2)21(26)24-14-7-8-18(23)17(11-14)22-25-19-5-3-4-6-20(19)29-22/h3-12H,1-2H3,(H,24,26). The molecule has 4 rings (SSSR count). The Labute approximate surface area is 176 Å². The van der Waals surface area contributed by atoms with Gasteiger partial charge in [-0.1, -0.05) is 23.7 Å². The van der Waals surface area contributed by atoms with Crippen molar-refractivity contribution in [1.82, 2.24) is 4.98 Å². The highest BCUT2D eigenvalue weighted by atomic mass is 35.5. The number of hydrogen-bond acceptors (Lipinski definition) is 5. The Kier molecular flexibility index (Phi) is 5.38. The predicted octanol–water partition coefficient (Wildman–Crippen LogP) is 5.89. The average Bonchev–Trinajstić information content (AvgIpc) is 3.18. The van der Waals surface area contributed by atoms with Crippen molar-refractivity contribution in [3.63, 3.8) is 0 Å². The number of halogens is 1. The number of ether oxygens (including phenoxy) is 2. The molecule has 29 heavy (non-hydrogen) atoms. The fourth-order valence-corrected chi connectivity index (χ4v) is 4.16. The lowest BCUT2D eigenvalue weighted by molar-refractivity contribution is 0.102. The van der Waals surface area contributed by atoms with Crippen LogP contribution in [0.2, 0.25) is 5.02 Å². The van der Waals surface area contributed by atoms with Crippen molar-refractivity contribution in [3.05, 3.63) is 71.2 Å². The molecular weight excluding hydrogens is 408 g/mol. The largest absolute Gasteiger partial charge is 0.497 e. The molecule has 0 spiro atoms. The number of amides is 1. The van der Waals surface area contributed by atoms with E-state index in [1.165, 1.54) is 0 Å². The van der Waals surface area contributed by atoms with Crippen LogP contribution in [0.1, 0.15) is 10.4 Å². The minimum Gasteiger partial charge on any atom is -0.497 e. The zero-order chi connectivity index (χ0) is 20.4. The first kappa shape index (κ1) is 19.2. The van der Waals surface area contributed by atoms with Crippen LogP contribution in [0.5, 0.6) is 11.5 Å². The molecule has 0 radical (unpaired) electrons.